The van der Waals surface area contributed by atoms with Crippen molar-refractivity contribution in [3.05, 3.63) is 82.9 Å². The Morgan fingerprint density at radius 3 is 2.57 bits per heavy atom. The number of carbonyl (C=O) groups excluding carboxylic acids is 1. The fourth-order valence-electron chi connectivity index (χ4n) is 3.86. The van der Waals surface area contributed by atoms with E-state index in [9.17, 15) is 9.90 Å². The second kappa shape index (κ2) is 5.80. The molecule has 136 valence electrons. The fraction of sp³-hybridized carbons (Fsp3) is 0.0870. The highest BCUT2D eigenvalue weighted by atomic mass is 16.6. The molecule has 0 saturated heterocycles. The molecular formula is C23H14O5. The number of fused-ring (bicyclic) bond motifs is 6. The van der Waals surface area contributed by atoms with Gasteiger partial charge in [0.25, 0.3) is 0 Å². The molecule has 1 spiro atoms. The average molecular weight is 370 g/mol. The van der Waals surface area contributed by atoms with E-state index in [4.69, 9.17) is 20.6 Å². The maximum atomic E-state index is 12.7. The van der Waals surface area contributed by atoms with E-state index in [1.165, 1.54) is 6.07 Å². The normalized spacial score (nSPS) is 18.3. The molecule has 0 radical (unpaired) electrons. The molecule has 0 aromatic heterocycles. The van der Waals surface area contributed by atoms with Crippen molar-refractivity contribution in [3.8, 4) is 35.3 Å². The number of terminal acetylenes is 1. The number of hydrogen-bond acceptors (Lipinski definition) is 5. The van der Waals surface area contributed by atoms with Crippen LogP contribution in [0.15, 0.2) is 60.7 Å². The molecule has 5 nitrogen and oxygen atoms in total. The van der Waals surface area contributed by atoms with Gasteiger partial charge in [-0.05, 0) is 30.3 Å². The van der Waals surface area contributed by atoms with Crippen LogP contribution in [0.5, 0.6) is 23.0 Å². The lowest BCUT2D eigenvalue weighted by Crippen LogP contribution is -2.32. The third kappa shape index (κ3) is 2.12. The topological polar surface area (TPSA) is 65.0 Å². The van der Waals surface area contributed by atoms with E-state index in [-0.39, 0.29) is 12.4 Å². The highest BCUT2D eigenvalue weighted by Crippen LogP contribution is 2.56. The number of esters is 1. The Morgan fingerprint density at radius 2 is 1.75 bits per heavy atom. The van der Waals surface area contributed by atoms with Crippen LogP contribution in [-0.2, 0) is 10.3 Å². The zero-order valence-corrected chi connectivity index (χ0v) is 14.6. The molecule has 2 heterocycles. The van der Waals surface area contributed by atoms with E-state index >= 15 is 0 Å². The van der Waals surface area contributed by atoms with E-state index in [2.05, 4.69) is 5.92 Å². The van der Waals surface area contributed by atoms with E-state index in [0.29, 0.717) is 33.9 Å². The first-order valence-electron chi connectivity index (χ1n) is 8.68. The predicted octanol–water partition coefficient (Wildman–Crippen LogP) is 3.97. The van der Waals surface area contributed by atoms with Crippen molar-refractivity contribution in [3.63, 3.8) is 0 Å². The van der Waals surface area contributed by atoms with Gasteiger partial charge >= 0.3 is 5.97 Å². The molecule has 5 heteroatoms. The highest BCUT2D eigenvalue weighted by molar-refractivity contribution is 5.97. The van der Waals surface area contributed by atoms with Crippen LogP contribution in [-0.4, -0.2) is 17.7 Å². The van der Waals surface area contributed by atoms with Gasteiger partial charge in [-0.25, -0.2) is 4.79 Å². The molecule has 1 atom stereocenters. The summed E-state index contributed by atoms with van der Waals surface area (Å²) >= 11 is 0. The first-order valence-corrected chi connectivity index (χ1v) is 8.68. The SMILES string of the molecule is C#CCOc1ccc2c(c1)Oc1cc(O)ccc1C21OC(=O)c2ccccc21. The summed E-state index contributed by atoms with van der Waals surface area (Å²) < 4.78 is 17.5. The van der Waals surface area contributed by atoms with E-state index in [1.54, 1.807) is 36.4 Å². The molecule has 1 unspecified atom stereocenters. The van der Waals surface area contributed by atoms with Crippen LogP contribution in [0, 0.1) is 12.3 Å². The molecule has 5 rings (SSSR count). The molecule has 28 heavy (non-hydrogen) atoms. The molecule has 2 aliphatic heterocycles. The minimum atomic E-state index is -1.16. The molecule has 0 amide bonds. The molecule has 3 aromatic rings. The summed E-state index contributed by atoms with van der Waals surface area (Å²) in [4.78, 5) is 12.7. The van der Waals surface area contributed by atoms with Crippen molar-refractivity contribution < 1.29 is 24.1 Å². The molecule has 3 aromatic carbocycles. The van der Waals surface area contributed by atoms with Gasteiger partial charge in [0.1, 0.15) is 29.6 Å². The van der Waals surface area contributed by atoms with Crippen LogP contribution in [0.25, 0.3) is 0 Å². The number of phenolic OH excluding ortho intramolecular Hbond substituents is 1. The number of ether oxygens (including phenoxy) is 3. The quantitative estimate of drug-likeness (QED) is 0.546. The smallest absolute Gasteiger partial charge is 0.340 e. The largest absolute Gasteiger partial charge is 0.508 e. The van der Waals surface area contributed by atoms with Crippen LogP contribution in [0.4, 0.5) is 0 Å². The van der Waals surface area contributed by atoms with Crippen LogP contribution >= 0.6 is 0 Å². The summed E-state index contributed by atoms with van der Waals surface area (Å²) in [6.07, 6.45) is 5.27. The average Bonchev–Trinajstić information content (AvgIpc) is 2.99. The third-order valence-corrected chi connectivity index (χ3v) is 4.99. The van der Waals surface area contributed by atoms with Gasteiger partial charge in [0.05, 0.1) is 5.56 Å². The third-order valence-electron chi connectivity index (χ3n) is 4.99. The summed E-state index contributed by atoms with van der Waals surface area (Å²) in [5, 5.41) is 9.95. The van der Waals surface area contributed by atoms with Crippen molar-refractivity contribution in [2.75, 3.05) is 6.61 Å². The predicted molar refractivity (Wildman–Crippen MR) is 101 cm³/mol. The summed E-state index contributed by atoms with van der Waals surface area (Å²) in [7, 11) is 0. The first-order chi connectivity index (χ1) is 13.6. The molecule has 0 aliphatic carbocycles. The number of carbonyl (C=O) groups is 1. The summed E-state index contributed by atoms with van der Waals surface area (Å²) in [5.74, 6) is 3.48. The van der Waals surface area contributed by atoms with Gasteiger partial charge in [0.2, 0.25) is 0 Å². The Hall–Kier alpha value is -3.91. The van der Waals surface area contributed by atoms with Crippen LogP contribution in [0.2, 0.25) is 0 Å². The number of aromatic hydroxyl groups is 1. The van der Waals surface area contributed by atoms with Crippen molar-refractivity contribution in [2.45, 2.75) is 5.60 Å². The molecule has 2 aliphatic rings. The number of hydrogen-bond donors (Lipinski definition) is 1. The number of phenols is 1. The van der Waals surface area contributed by atoms with Crippen molar-refractivity contribution in [1.29, 1.82) is 0 Å². The zero-order valence-electron chi connectivity index (χ0n) is 14.6. The fourth-order valence-corrected chi connectivity index (χ4v) is 3.86. The maximum absolute atomic E-state index is 12.7. The standard InChI is InChI=1S/C23H14O5/c1-2-11-26-15-8-10-19-21(13-15)27-20-12-14(24)7-9-18(20)23(19)17-6-4-3-5-16(17)22(25)28-23/h1,3-10,12-13,24H,11H2. The van der Waals surface area contributed by atoms with Gasteiger partial charge in [-0.1, -0.05) is 24.1 Å². The van der Waals surface area contributed by atoms with Crippen LogP contribution < -0.4 is 9.47 Å². The van der Waals surface area contributed by atoms with Crippen LogP contribution in [0.1, 0.15) is 27.0 Å². The number of benzene rings is 3. The Balaban J connectivity index is 1.79. The zero-order chi connectivity index (χ0) is 19.3. The second-order valence-corrected chi connectivity index (χ2v) is 6.55. The van der Waals surface area contributed by atoms with Crippen molar-refractivity contribution in [1.82, 2.24) is 0 Å². The maximum Gasteiger partial charge on any atom is 0.340 e. The minimum Gasteiger partial charge on any atom is -0.508 e. The second-order valence-electron chi connectivity index (χ2n) is 6.55. The molecular weight excluding hydrogens is 356 g/mol. The molecule has 1 N–H and O–H groups in total. The van der Waals surface area contributed by atoms with E-state index in [0.717, 1.165) is 5.56 Å². The molecule has 0 fully saturated rings. The Bertz CT molecular complexity index is 1170. The van der Waals surface area contributed by atoms with Crippen LogP contribution in [0.3, 0.4) is 0 Å². The minimum absolute atomic E-state index is 0.0506. The lowest BCUT2D eigenvalue weighted by molar-refractivity contribution is 0.0224. The van der Waals surface area contributed by atoms with Gasteiger partial charge in [-0.2, -0.15) is 0 Å². The summed E-state index contributed by atoms with van der Waals surface area (Å²) in [6, 6.07) is 17.3. The van der Waals surface area contributed by atoms with Gasteiger partial charge in [0, 0.05) is 28.8 Å². The summed E-state index contributed by atoms with van der Waals surface area (Å²) in [5.41, 5.74) is 1.40. The lowest BCUT2D eigenvalue weighted by Gasteiger charge is -2.36. The van der Waals surface area contributed by atoms with Gasteiger partial charge in [-0.15, -0.1) is 6.42 Å². The van der Waals surface area contributed by atoms with Gasteiger partial charge in [0.15, 0.2) is 5.60 Å². The van der Waals surface area contributed by atoms with E-state index < -0.39 is 11.6 Å². The lowest BCUT2D eigenvalue weighted by atomic mass is 9.77. The van der Waals surface area contributed by atoms with Gasteiger partial charge < -0.3 is 19.3 Å². The Kier molecular flexibility index (Phi) is 3.37. The Morgan fingerprint density at radius 1 is 1.00 bits per heavy atom. The van der Waals surface area contributed by atoms with Gasteiger partial charge in [-0.3, -0.25) is 0 Å². The summed E-state index contributed by atoms with van der Waals surface area (Å²) in [6.45, 7) is 0.124. The monoisotopic (exact) mass is 370 g/mol. The van der Waals surface area contributed by atoms with E-state index in [1.807, 2.05) is 18.2 Å². The van der Waals surface area contributed by atoms with Crippen molar-refractivity contribution >= 4 is 5.97 Å². The first kappa shape index (κ1) is 16.3. The molecule has 0 saturated carbocycles. The number of rotatable bonds is 2. The highest BCUT2D eigenvalue weighted by Gasteiger charge is 2.53. The Labute approximate surface area is 161 Å². The van der Waals surface area contributed by atoms with Crippen molar-refractivity contribution in [2.24, 2.45) is 0 Å². The molecule has 0 bridgehead atoms.